The first-order chi connectivity index (χ1) is 12.6. The van der Waals surface area contributed by atoms with E-state index in [-0.39, 0.29) is 24.4 Å². The summed E-state index contributed by atoms with van der Waals surface area (Å²) in [5.74, 6) is -1.28. The second kappa shape index (κ2) is 8.43. The quantitative estimate of drug-likeness (QED) is 0.660. The van der Waals surface area contributed by atoms with E-state index < -0.39 is 5.97 Å². The molecule has 0 bridgehead atoms. The first-order valence-electron chi connectivity index (χ1n) is 8.59. The highest BCUT2D eigenvalue weighted by atomic mass is 19.1. The van der Waals surface area contributed by atoms with Crippen LogP contribution in [0.25, 0.3) is 6.08 Å². The first kappa shape index (κ1) is 17.9. The number of benzene rings is 2. The van der Waals surface area contributed by atoms with Crippen molar-refractivity contribution in [1.82, 2.24) is 5.32 Å². The van der Waals surface area contributed by atoms with E-state index >= 15 is 0 Å². The fourth-order valence-electron chi connectivity index (χ4n) is 3.06. The van der Waals surface area contributed by atoms with Gasteiger partial charge in [-0.05, 0) is 54.2 Å². The third-order valence-corrected chi connectivity index (χ3v) is 4.33. The fraction of sp³-hybridized carbons (Fsp3) is 0.238. The molecule has 0 spiro atoms. The van der Waals surface area contributed by atoms with Crippen molar-refractivity contribution in [1.29, 1.82) is 0 Å². The first-order valence-corrected chi connectivity index (χ1v) is 8.59. The number of hydrogen-bond acceptors (Lipinski definition) is 3. The van der Waals surface area contributed by atoms with Crippen LogP contribution in [0.4, 0.5) is 4.39 Å². The molecule has 5 heteroatoms. The van der Waals surface area contributed by atoms with Gasteiger partial charge in [0.15, 0.2) is 6.61 Å². The number of rotatable bonds is 5. The summed E-state index contributed by atoms with van der Waals surface area (Å²) in [4.78, 5) is 23.8. The van der Waals surface area contributed by atoms with Gasteiger partial charge in [0.2, 0.25) is 0 Å². The Morgan fingerprint density at radius 3 is 2.73 bits per heavy atom. The highest BCUT2D eigenvalue weighted by Crippen LogP contribution is 2.29. The topological polar surface area (TPSA) is 55.4 Å². The Labute approximate surface area is 151 Å². The minimum atomic E-state index is -0.617. The highest BCUT2D eigenvalue weighted by molar-refractivity contribution is 5.89. The summed E-state index contributed by atoms with van der Waals surface area (Å²) < 4.78 is 17.8. The zero-order chi connectivity index (χ0) is 18.4. The number of carbonyl (C=O) groups excluding carboxylic acids is 2. The van der Waals surface area contributed by atoms with Gasteiger partial charge in [-0.15, -0.1) is 0 Å². The van der Waals surface area contributed by atoms with Crippen molar-refractivity contribution in [2.75, 3.05) is 6.61 Å². The standard InChI is InChI=1S/C21H20FNO3/c22-17-11-8-15(9-12-17)10-13-21(25)26-14-20(24)23-19-7-3-5-16-4-1-2-6-18(16)19/h1-2,4,6,8-13,19H,3,5,7,14H2,(H,23,24)/b13-10+/t19-/m0/s1. The molecule has 0 aromatic heterocycles. The van der Waals surface area contributed by atoms with E-state index in [1.54, 1.807) is 12.1 Å². The maximum atomic E-state index is 12.8. The number of fused-ring (bicyclic) bond motifs is 1. The number of amides is 1. The second-order valence-electron chi connectivity index (χ2n) is 6.20. The molecule has 26 heavy (non-hydrogen) atoms. The Bertz CT molecular complexity index is 814. The summed E-state index contributed by atoms with van der Waals surface area (Å²) in [5, 5.41) is 2.93. The number of carbonyl (C=O) groups is 2. The predicted molar refractivity (Wildman–Crippen MR) is 96.7 cm³/mol. The zero-order valence-corrected chi connectivity index (χ0v) is 14.3. The largest absolute Gasteiger partial charge is 0.452 e. The van der Waals surface area contributed by atoms with E-state index in [2.05, 4.69) is 11.4 Å². The van der Waals surface area contributed by atoms with Gasteiger partial charge in [-0.25, -0.2) is 9.18 Å². The van der Waals surface area contributed by atoms with Crippen molar-refractivity contribution in [2.45, 2.75) is 25.3 Å². The van der Waals surface area contributed by atoms with Gasteiger partial charge >= 0.3 is 5.97 Å². The van der Waals surface area contributed by atoms with Crippen LogP contribution in [-0.4, -0.2) is 18.5 Å². The SMILES string of the molecule is O=C(COC(=O)/C=C/c1ccc(F)cc1)N[C@H]1CCCc2ccccc21. The summed E-state index contributed by atoms with van der Waals surface area (Å²) in [6.07, 6.45) is 5.64. The maximum Gasteiger partial charge on any atom is 0.331 e. The van der Waals surface area contributed by atoms with Crippen LogP contribution in [-0.2, 0) is 20.7 Å². The van der Waals surface area contributed by atoms with Crippen molar-refractivity contribution in [2.24, 2.45) is 0 Å². The van der Waals surface area contributed by atoms with Crippen LogP contribution in [0.2, 0.25) is 0 Å². The average molecular weight is 353 g/mol. The molecule has 1 aliphatic rings. The Hall–Kier alpha value is -2.95. The predicted octanol–water partition coefficient (Wildman–Crippen LogP) is 3.58. The lowest BCUT2D eigenvalue weighted by atomic mass is 9.88. The Morgan fingerprint density at radius 1 is 1.15 bits per heavy atom. The molecule has 0 saturated carbocycles. The maximum absolute atomic E-state index is 12.8. The minimum Gasteiger partial charge on any atom is -0.452 e. The van der Waals surface area contributed by atoms with Gasteiger partial charge in [-0.3, -0.25) is 4.79 Å². The van der Waals surface area contributed by atoms with E-state index in [9.17, 15) is 14.0 Å². The Morgan fingerprint density at radius 2 is 1.92 bits per heavy atom. The monoisotopic (exact) mass is 353 g/mol. The van der Waals surface area contributed by atoms with Crippen molar-refractivity contribution >= 4 is 18.0 Å². The molecular formula is C21H20FNO3. The minimum absolute atomic E-state index is 0.0408. The third kappa shape index (κ3) is 4.79. The molecule has 2 aromatic rings. The molecule has 1 amide bonds. The smallest absolute Gasteiger partial charge is 0.331 e. The Balaban J connectivity index is 1.48. The van der Waals surface area contributed by atoms with Gasteiger partial charge in [0, 0.05) is 6.08 Å². The lowest BCUT2D eigenvalue weighted by molar-refractivity contribution is -0.144. The van der Waals surface area contributed by atoms with Gasteiger partial charge in [0.25, 0.3) is 5.91 Å². The molecule has 1 atom stereocenters. The van der Waals surface area contributed by atoms with Gasteiger partial charge in [-0.2, -0.15) is 0 Å². The molecule has 0 unspecified atom stereocenters. The lowest BCUT2D eigenvalue weighted by Gasteiger charge is -2.26. The molecule has 1 N–H and O–H groups in total. The van der Waals surface area contributed by atoms with Crippen LogP contribution in [0.15, 0.2) is 54.6 Å². The van der Waals surface area contributed by atoms with E-state index in [0.29, 0.717) is 5.56 Å². The van der Waals surface area contributed by atoms with Crippen molar-refractivity contribution in [3.05, 3.63) is 77.1 Å². The van der Waals surface area contributed by atoms with Crippen molar-refractivity contribution in [3.63, 3.8) is 0 Å². The number of hydrogen-bond donors (Lipinski definition) is 1. The fourth-order valence-corrected chi connectivity index (χ4v) is 3.06. The van der Waals surface area contributed by atoms with Crippen molar-refractivity contribution in [3.8, 4) is 0 Å². The van der Waals surface area contributed by atoms with E-state index in [1.807, 2.05) is 18.2 Å². The molecule has 4 nitrogen and oxygen atoms in total. The molecule has 0 fully saturated rings. The summed E-state index contributed by atoms with van der Waals surface area (Å²) in [6, 6.07) is 13.7. The molecule has 1 aliphatic carbocycles. The van der Waals surface area contributed by atoms with Crippen LogP contribution in [0.1, 0.15) is 35.6 Å². The van der Waals surface area contributed by atoms with Crippen LogP contribution in [0, 0.1) is 5.82 Å². The van der Waals surface area contributed by atoms with Gasteiger partial charge in [-0.1, -0.05) is 36.4 Å². The van der Waals surface area contributed by atoms with Crippen LogP contribution in [0.5, 0.6) is 0 Å². The number of esters is 1. The van der Waals surface area contributed by atoms with Gasteiger partial charge in [0.05, 0.1) is 6.04 Å². The number of halogens is 1. The van der Waals surface area contributed by atoms with Crippen molar-refractivity contribution < 1.29 is 18.7 Å². The molecule has 0 saturated heterocycles. The van der Waals surface area contributed by atoms with Crippen LogP contribution < -0.4 is 5.32 Å². The Kier molecular flexibility index (Phi) is 5.79. The summed E-state index contributed by atoms with van der Waals surface area (Å²) in [7, 11) is 0. The summed E-state index contributed by atoms with van der Waals surface area (Å²) >= 11 is 0. The summed E-state index contributed by atoms with van der Waals surface area (Å²) in [6.45, 7) is -0.328. The number of ether oxygens (including phenoxy) is 1. The zero-order valence-electron chi connectivity index (χ0n) is 14.3. The normalized spacial score (nSPS) is 16.1. The van der Waals surface area contributed by atoms with Gasteiger partial charge in [0.1, 0.15) is 5.82 Å². The third-order valence-electron chi connectivity index (χ3n) is 4.33. The van der Waals surface area contributed by atoms with E-state index in [4.69, 9.17) is 4.74 Å². The molecule has 3 rings (SSSR count). The van der Waals surface area contributed by atoms with Crippen LogP contribution in [0.3, 0.4) is 0 Å². The highest BCUT2D eigenvalue weighted by Gasteiger charge is 2.21. The number of aryl methyl sites for hydroxylation is 1. The molecule has 2 aromatic carbocycles. The lowest BCUT2D eigenvalue weighted by Crippen LogP contribution is -2.34. The van der Waals surface area contributed by atoms with E-state index in [1.165, 1.54) is 29.8 Å². The molecular weight excluding hydrogens is 333 g/mol. The molecule has 0 aliphatic heterocycles. The summed E-state index contributed by atoms with van der Waals surface area (Å²) in [5.41, 5.74) is 3.06. The average Bonchev–Trinajstić information content (AvgIpc) is 2.66. The molecule has 0 radical (unpaired) electrons. The number of nitrogens with one attached hydrogen (secondary N) is 1. The second-order valence-corrected chi connectivity index (χ2v) is 6.20. The van der Waals surface area contributed by atoms with Crippen LogP contribution >= 0.6 is 0 Å². The van der Waals surface area contributed by atoms with Gasteiger partial charge < -0.3 is 10.1 Å². The molecule has 134 valence electrons. The van der Waals surface area contributed by atoms with E-state index in [0.717, 1.165) is 24.8 Å². The molecule has 0 heterocycles.